The second-order valence-electron chi connectivity index (χ2n) is 9.50. The first-order valence-corrected chi connectivity index (χ1v) is 12.6. The summed E-state index contributed by atoms with van der Waals surface area (Å²) in [5.74, 6) is 2.44. The van der Waals surface area contributed by atoms with Crippen LogP contribution in [-0.2, 0) is 6.54 Å². The topological polar surface area (TPSA) is 73.9 Å². The summed E-state index contributed by atoms with van der Waals surface area (Å²) in [6.45, 7) is 5.14. The van der Waals surface area contributed by atoms with E-state index in [-0.39, 0.29) is 5.92 Å². The van der Waals surface area contributed by atoms with Gasteiger partial charge in [0.25, 0.3) is 0 Å². The highest BCUT2D eigenvalue weighted by molar-refractivity contribution is 5.56. The SMILES string of the molecule is COc1nc(-c2nc3n(n2)CCC[C@H]3c2cccc(N3CCCCC3)c2)ccc1-n1cnc(C)c1. The Morgan fingerprint density at radius 2 is 1.86 bits per heavy atom. The molecule has 0 spiro atoms. The van der Waals surface area contributed by atoms with Crippen LogP contribution in [0.25, 0.3) is 17.2 Å². The maximum Gasteiger partial charge on any atom is 0.238 e. The minimum absolute atomic E-state index is 0.241. The Balaban J connectivity index is 1.32. The van der Waals surface area contributed by atoms with Crippen molar-refractivity contribution in [2.75, 3.05) is 25.1 Å². The summed E-state index contributed by atoms with van der Waals surface area (Å²) in [6, 6.07) is 13.0. The highest BCUT2D eigenvalue weighted by atomic mass is 16.5. The normalized spacial score (nSPS) is 17.9. The number of rotatable bonds is 5. The van der Waals surface area contributed by atoms with Crippen molar-refractivity contribution in [1.29, 1.82) is 0 Å². The molecule has 1 aromatic carbocycles. The van der Waals surface area contributed by atoms with Gasteiger partial charge in [0.2, 0.25) is 5.88 Å². The smallest absolute Gasteiger partial charge is 0.238 e. The average Bonchev–Trinajstić information content (AvgIpc) is 3.55. The standard InChI is InChI=1S/C27H31N7O/c1-19-17-33(18-28-19)24-12-11-23(29-27(24)35-2)25-30-26-22(10-7-15-34(26)31-25)20-8-6-9-21(16-20)32-13-4-3-5-14-32/h6,8-9,11-12,16-18,22H,3-5,7,10,13-15H2,1-2H3/t22-/m0/s1. The maximum atomic E-state index is 5.61. The molecule has 0 amide bonds. The van der Waals surface area contributed by atoms with Gasteiger partial charge in [0.15, 0.2) is 5.82 Å². The Hall–Kier alpha value is -3.68. The molecule has 0 bridgehead atoms. The Morgan fingerprint density at radius 3 is 2.66 bits per heavy atom. The van der Waals surface area contributed by atoms with Crippen LogP contribution in [0.3, 0.4) is 0 Å². The Labute approximate surface area is 205 Å². The minimum Gasteiger partial charge on any atom is -0.479 e. The van der Waals surface area contributed by atoms with Gasteiger partial charge in [-0.25, -0.2) is 19.6 Å². The third kappa shape index (κ3) is 4.17. The van der Waals surface area contributed by atoms with Crippen molar-refractivity contribution in [3.05, 3.63) is 66.0 Å². The molecule has 35 heavy (non-hydrogen) atoms. The van der Waals surface area contributed by atoms with E-state index in [0.717, 1.165) is 49.7 Å². The molecule has 1 atom stereocenters. The van der Waals surface area contributed by atoms with E-state index in [4.69, 9.17) is 19.8 Å². The van der Waals surface area contributed by atoms with Crippen molar-refractivity contribution < 1.29 is 4.74 Å². The lowest BCUT2D eigenvalue weighted by atomic mass is 9.90. The Bertz CT molecular complexity index is 1340. The van der Waals surface area contributed by atoms with Crippen molar-refractivity contribution >= 4 is 5.69 Å². The number of methoxy groups -OCH3 is 1. The number of aryl methyl sites for hydroxylation is 2. The fourth-order valence-corrected chi connectivity index (χ4v) is 5.32. The molecule has 8 nitrogen and oxygen atoms in total. The fraction of sp³-hybridized carbons (Fsp3) is 0.407. The number of pyridine rings is 1. The number of nitrogens with zero attached hydrogens (tertiary/aromatic N) is 7. The first-order chi connectivity index (χ1) is 17.2. The van der Waals surface area contributed by atoms with E-state index in [1.54, 1.807) is 13.4 Å². The molecule has 0 saturated carbocycles. The summed E-state index contributed by atoms with van der Waals surface area (Å²) >= 11 is 0. The van der Waals surface area contributed by atoms with E-state index >= 15 is 0 Å². The second-order valence-corrected chi connectivity index (χ2v) is 9.50. The Morgan fingerprint density at radius 1 is 0.971 bits per heavy atom. The van der Waals surface area contributed by atoms with Gasteiger partial charge in [-0.2, -0.15) is 0 Å². The van der Waals surface area contributed by atoms with Gasteiger partial charge in [0.1, 0.15) is 17.2 Å². The zero-order chi connectivity index (χ0) is 23.8. The lowest BCUT2D eigenvalue weighted by molar-refractivity contribution is 0.396. The number of fused-ring (bicyclic) bond motifs is 1. The summed E-state index contributed by atoms with van der Waals surface area (Å²) in [4.78, 5) is 16.6. The van der Waals surface area contributed by atoms with Crippen molar-refractivity contribution in [3.8, 4) is 23.1 Å². The predicted octanol–water partition coefficient (Wildman–Crippen LogP) is 4.76. The number of piperidine rings is 1. The number of hydrogen-bond donors (Lipinski definition) is 0. The highest BCUT2D eigenvalue weighted by Gasteiger charge is 2.27. The minimum atomic E-state index is 0.241. The predicted molar refractivity (Wildman–Crippen MR) is 135 cm³/mol. The lowest BCUT2D eigenvalue weighted by Crippen LogP contribution is -2.29. The molecule has 1 fully saturated rings. The fourth-order valence-electron chi connectivity index (χ4n) is 5.32. The molecular formula is C27H31N7O. The molecule has 2 aliphatic heterocycles. The molecule has 8 heteroatoms. The average molecular weight is 470 g/mol. The maximum absolute atomic E-state index is 5.61. The zero-order valence-electron chi connectivity index (χ0n) is 20.4. The number of imidazole rings is 1. The molecule has 3 aromatic heterocycles. The van der Waals surface area contributed by atoms with Gasteiger partial charge in [0.05, 0.1) is 19.1 Å². The Kier molecular flexibility index (Phi) is 5.72. The lowest BCUT2D eigenvalue weighted by Gasteiger charge is -2.30. The van der Waals surface area contributed by atoms with Crippen molar-refractivity contribution in [2.45, 2.75) is 51.5 Å². The molecule has 4 aromatic rings. The van der Waals surface area contributed by atoms with Crippen molar-refractivity contribution in [3.63, 3.8) is 0 Å². The van der Waals surface area contributed by atoms with E-state index in [0.29, 0.717) is 17.4 Å². The molecule has 5 heterocycles. The first kappa shape index (κ1) is 21.8. The van der Waals surface area contributed by atoms with E-state index in [2.05, 4.69) is 38.8 Å². The first-order valence-electron chi connectivity index (χ1n) is 12.6. The summed E-state index contributed by atoms with van der Waals surface area (Å²) < 4.78 is 9.59. The van der Waals surface area contributed by atoms with Crippen LogP contribution >= 0.6 is 0 Å². The molecule has 0 unspecified atom stereocenters. The third-order valence-corrected chi connectivity index (χ3v) is 7.12. The van der Waals surface area contributed by atoms with E-state index in [9.17, 15) is 0 Å². The molecule has 180 valence electrons. The van der Waals surface area contributed by atoms with Crippen LogP contribution in [0.15, 0.2) is 48.9 Å². The van der Waals surface area contributed by atoms with Crippen molar-refractivity contribution in [1.82, 2.24) is 29.3 Å². The van der Waals surface area contributed by atoms with E-state index in [1.807, 2.05) is 29.8 Å². The van der Waals surface area contributed by atoms with Gasteiger partial charge in [-0.1, -0.05) is 12.1 Å². The molecular weight excluding hydrogens is 438 g/mol. The molecule has 6 rings (SSSR count). The molecule has 0 aliphatic carbocycles. The van der Waals surface area contributed by atoms with Crippen LogP contribution < -0.4 is 9.64 Å². The molecule has 2 aliphatic rings. The van der Waals surface area contributed by atoms with Crippen LogP contribution in [0, 0.1) is 6.92 Å². The van der Waals surface area contributed by atoms with Crippen LogP contribution in [0.1, 0.15) is 55.1 Å². The summed E-state index contributed by atoms with van der Waals surface area (Å²) in [6.07, 6.45) is 9.79. The van der Waals surface area contributed by atoms with Crippen LogP contribution in [0.2, 0.25) is 0 Å². The van der Waals surface area contributed by atoms with E-state index < -0.39 is 0 Å². The number of anilines is 1. The van der Waals surface area contributed by atoms with Gasteiger partial charge >= 0.3 is 0 Å². The second kappa shape index (κ2) is 9.17. The van der Waals surface area contributed by atoms with Crippen LogP contribution in [0.4, 0.5) is 5.69 Å². The van der Waals surface area contributed by atoms with Gasteiger partial charge in [-0.15, -0.1) is 5.10 Å². The number of hydrogen-bond acceptors (Lipinski definition) is 6. The molecule has 1 saturated heterocycles. The van der Waals surface area contributed by atoms with Gasteiger partial charge in [-0.3, -0.25) is 0 Å². The largest absolute Gasteiger partial charge is 0.479 e. The summed E-state index contributed by atoms with van der Waals surface area (Å²) in [7, 11) is 1.64. The number of ether oxygens (including phenoxy) is 1. The number of benzene rings is 1. The van der Waals surface area contributed by atoms with Gasteiger partial charge in [0, 0.05) is 37.4 Å². The van der Waals surface area contributed by atoms with Crippen LogP contribution in [-0.4, -0.2) is 49.5 Å². The summed E-state index contributed by atoms with van der Waals surface area (Å²) in [5, 5.41) is 4.85. The zero-order valence-corrected chi connectivity index (χ0v) is 20.4. The van der Waals surface area contributed by atoms with Crippen molar-refractivity contribution in [2.24, 2.45) is 0 Å². The molecule has 0 radical (unpaired) electrons. The molecule has 0 N–H and O–H groups in total. The third-order valence-electron chi connectivity index (χ3n) is 7.12. The van der Waals surface area contributed by atoms with Crippen LogP contribution in [0.5, 0.6) is 5.88 Å². The summed E-state index contributed by atoms with van der Waals surface area (Å²) in [5.41, 5.74) is 5.15. The number of aromatic nitrogens is 6. The quantitative estimate of drug-likeness (QED) is 0.420. The van der Waals surface area contributed by atoms with Gasteiger partial charge in [-0.05, 0) is 68.9 Å². The van der Waals surface area contributed by atoms with E-state index in [1.165, 1.54) is 30.5 Å². The highest BCUT2D eigenvalue weighted by Crippen LogP contribution is 2.35. The van der Waals surface area contributed by atoms with Gasteiger partial charge < -0.3 is 14.2 Å². The monoisotopic (exact) mass is 469 g/mol.